The molecule has 2 aromatic heterocycles. The van der Waals surface area contributed by atoms with E-state index in [1.54, 1.807) is 10.6 Å². The van der Waals surface area contributed by atoms with E-state index in [9.17, 15) is 9.18 Å². The lowest BCUT2D eigenvalue weighted by Crippen LogP contribution is -2.35. The molecule has 0 bridgehead atoms. The summed E-state index contributed by atoms with van der Waals surface area (Å²) in [5, 5.41) is 1.07. The molecule has 2 N–H and O–H groups in total. The number of primary amides is 1. The number of hydrogen-bond acceptors (Lipinski definition) is 6. The minimum absolute atomic E-state index is 0.0250. The second-order valence-electron chi connectivity index (χ2n) is 9.05. The number of benzene rings is 2. The van der Waals surface area contributed by atoms with Crippen LogP contribution < -0.4 is 15.2 Å². The van der Waals surface area contributed by atoms with E-state index in [1.165, 1.54) is 18.5 Å². The molecule has 194 valence electrons. The topological polar surface area (TPSA) is 82.6 Å². The van der Waals surface area contributed by atoms with Crippen LogP contribution in [0.2, 0.25) is 10.0 Å². The molecule has 3 heterocycles. The summed E-state index contributed by atoms with van der Waals surface area (Å²) in [7, 11) is 2.10. The first-order valence-corrected chi connectivity index (χ1v) is 13.3. The van der Waals surface area contributed by atoms with Crippen LogP contribution in [0.1, 0.15) is 41.1 Å². The fourth-order valence-electron chi connectivity index (χ4n) is 4.39. The van der Waals surface area contributed by atoms with Crippen molar-refractivity contribution in [3.05, 3.63) is 69.0 Å². The Morgan fingerprint density at radius 2 is 1.97 bits per heavy atom. The van der Waals surface area contributed by atoms with E-state index < -0.39 is 17.8 Å². The summed E-state index contributed by atoms with van der Waals surface area (Å²) in [6.07, 6.45) is 3.00. The van der Waals surface area contributed by atoms with Crippen LogP contribution >= 0.6 is 34.5 Å². The Morgan fingerprint density at radius 3 is 2.70 bits per heavy atom. The Labute approximate surface area is 227 Å². The molecule has 7 nitrogen and oxygen atoms in total. The number of halogens is 3. The van der Waals surface area contributed by atoms with Crippen molar-refractivity contribution in [2.75, 3.05) is 20.1 Å². The maximum Gasteiger partial charge on any atom is 0.262 e. The minimum atomic E-state index is -0.627. The number of carbonyl (C=O) groups excluding carboxylic acids is 1. The predicted molar refractivity (Wildman–Crippen MR) is 144 cm³/mol. The van der Waals surface area contributed by atoms with Crippen LogP contribution in [0.15, 0.2) is 42.7 Å². The third-order valence-corrected chi connectivity index (χ3v) is 8.25. The number of likely N-dealkylation sites (tertiary alicyclic amines) is 1. The van der Waals surface area contributed by atoms with Crippen molar-refractivity contribution in [3.63, 3.8) is 0 Å². The summed E-state index contributed by atoms with van der Waals surface area (Å²) in [6.45, 7) is 3.80. The van der Waals surface area contributed by atoms with Crippen molar-refractivity contribution in [2.45, 2.75) is 32.0 Å². The van der Waals surface area contributed by atoms with E-state index in [4.69, 9.17) is 38.4 Å². The molecule has 5 rings (SSSR count). The molecule has 0 aliphatic carbocycles. The van der Waals surface area contributed by atoms with E-state index >= 15 is 0 Å². The van der Waals surface area contributed by atoms with Crippen LogP contribution in [0, 0.1) is 5.82 Å². The number of imidazole rings is 1. The number of rotatable bonds is 7. The Hall–Kier alpha value is -2.85. The minimum Gasteiger partial charge on any atom is -0.489 e. The number of aromatic nitrogens is 2. The van der Waals surface area contributed by atoms with Crippen LogP contribution in [0.4, 0.5) is 4.39 Å². The van der Waals surface area contributed by atoms with Crippen molar-refractivity contribution >= 4 is 51.5 Å². The highest BCUT2D eigenvalue weighted by atomic mass is 35.5. The second-order valence-corrected chi connectivity index (χ2v) is 10.9. The first-order valence-electron chi connectivity index (χ1n) is 11.8. The first kappa shape index (κ1) is 25.8. The highest BCUT2D eigenvalue weighted by Gasteiger charge is 2.24. The standard InChI is InChI=1S/C26H25Cl2FN4O3S/c1-14(16-4-3-5-21(24(16)28)36-15-6-8-32(2)9-7-15)35-22-12-23(37-25(22)26(30)34)33-13-31-19-11-18(29)17(27)10-20(19)33/h3-5,10-15H,6-9H2,1-2H3,(H2,30,34)/t14-/m1/s1. The summed E-state index contributed by atoms with van der Waals surface area (Å²) >= 11 is 13.9. The number of fused-ring (bicyclic) bond motifs is 1. The summed E-state index contributed by atoms with van der Waals surface area (Å²) in [5.74, 6) is -0.260. The quantitative estimate of drug-likeness (QED) is 0.288. The lowest BCUT2D eigenvalue weighted by Gasteiger charge is -2.30. The number of thiophene rings is 1. The molecule has 37 heavy (non-hydrogen) atoms. The Balaban J connectivity index is 1.41. The summed E-state index contributed by atoms with van der Waals surface area (Å²) in [5.41, 5.74) is 7.41. The fraction of sp³-hybridized carbons (Fsp3) is 0.308. The molecule has 0 spiro atoms. The average Bonchev–Trinajstić information content (AvgIpc) is 3.46. The van der Waals surface area contributed by atoms with Crippen molar-refractivity contribution in [1.29, 1.82) is 0 Å². The molecular formula is C26H25Cl2FN4O3S. The normalized spacial score (nSPS) is 15.7. The van der Waals surface area contributed by atoms with E-state index in [1.807, 2.05) is 25.1 Å². The van der Waals surface area contributed by atoms with Gasteiger partial charge < -0.3 is 20.1 Å². The van der Waals surface area contributed by atoms with Gasteiger partial charge in [-0.3, -0.25) is 9.36 Å². The molecule has 1 saturated heterocycles. The zero-order valence-electron chi connectivity index (χ0n) is 20.2. The number of nitrogens with zero attached hydrogens (tertiary/aromatic N) is 3. The Kier molecular flexibility index (Phi) is 7.31. The molecule has 0 radical (unpaired) electrons. The van der Waals surface area contributed by atoms with Crippen molar-refractivity contribution < 1.29 is 18.7 Å². The second kappa shape index (κ2) is 10.5. The van der Waals surface area contributed by atoms with Gasteiger partial charge in [0.1, 0.15) is 45.7 Å². The number of ether oxygens (including phenoxy) is 2. The summed E-state index contributed by atoms with van der Waals surface area (Å²) < 4.78 is 28.0. The zero-order valence-corrected chi connectivity index (χ0v) is 22.5. The Morgan fingerprint density at radius 1 is 1.22 bits per heavy atom. The molecule has 1 fully saturated rings. The maximum atomic E-state index is 13.9. The number of amides is 1. The van der Waals surface area contributed by atoms with Gasteiger partial charge in [0.05, 0.1) is 21.1 Å². The van der Waals surface area contributed by atoms with Gasteiger partial charge in [-0.25, -0.2) is 9.37 Å². The van der Waals surface area contributed by atoms with E-state index in [2.05, 4.69) is 16.9 Å². The van der Waals surface area contributed by atoms with Gasteiger partial charge >= 0.3 is 0 Å². The van der Waals surface area contributed by atoms with Crippen molar-refractivity contribution in [1.82, 2.24) is 14.5 Å². The third kappa shape index (κ3) is 5.27. The number of piperidine rings is 1. The zero-order chi connectivity index (χ0) is 26.3. The van der Waals surface area contributed by atoms with Gasteiger partial charge in [0.15, 0.2) is 0 Å². The maximum absolute atomic E-state index is 13.9. The lowest BCUT2D eigenvalue weighted by atomic mass is 10.1. The number of nitrogens with two attached hydrogens (primary N) is 1. The van der Waals surface area contributed by atoms with Crippen LogP contribution in [0.3, 0.4) is 0 Å². The fourth-order valence-corrected chi connectivity index (χ4v) is 5.80. The molecule has 11 heteroatoms. The van der Waals surface area contributed by atoms with Gasteiger partial charge in [-0.05, 0) is 38.9 Å². The van der Waals surface area contributed by atoms with Crippen molar-refractivity contribution in [3.8, 4) is 16.5 Å². The summed E-state index contributed by atoms with van der Waals surface area (Å²) in [4.78, 5) is 19.0. The largest absolute Gasteiger partial charge is 0.489 e. The molecule has 4 aromatic rings. The molecule has 1 amide bonds. The molecule has 2 aromatic carbocycles. The molecule has 1 aliphatic rings. The number of hydrogen-bond donors (Lipinski definition) is 1. The molecule has 1 atom stereocenters. The summed E-state index contributed by atoms with van der Waals surface area (Å²) in [6, 6.07) is 10.0. The van der Waals surface area contributed by atoms with Crippen LogP contribution in [-0.4, -0.2) is 46.6 Å². The van der Waals surface area contributed by atoms with Crippen molar-refractivity contribution in [2.24, 2.45) is 5.73 Å². The average molecular weight is 563 g/mol. The van der Waals surface area contributed by atoms with Gasteiger partial charge in [-0.1, -0.05) is 35.3 Å². The van der Waals surface area contributed by atoms with Crippen LogP contribution in [0.5, 0.6) is 11.5 Å². The SMILES string of the molecule is C[C@@H](Oc1cc(-n2cnc3cc(F)c(Cl)cc32)sc1C(N)=O)c1cccc(OC2CCN(C)CC2)c1Cl. The predicted octanol–water partition coefficient (Wildman–Crippen LogP) is 6.24. The first-order chi connectivity index (χ1) is 17.7. The third-order valence-electron chi connectivity index (χ3n) is 6.43. The van der Waals surface area contributed by atoms with Gasteiger partial charge in [0.2, 0.25) is 0 Å². The molecule has 0 saturated carbocycles. The van der Waals surface area contributed by atoms with E-state index in [0.29, 0.717) is 32.6 Å². The monoisotopic (exact) mass is 562 g/mol. The highest BCUT2D eigenvalue weighted by molar-refractivity contribution is 7.16. The highest BCUT2D eigenvalue weighted by Crippen LogP contribution is 2.39. The van der Waals surface area contributed by atoms with Gasteiger partial charge in [-0.15, -0.1) is 11.3 Å². The van der Waals surface area contributed by atoms with Crippen LogP contribution in [0.25, 0.3) is 16.0 Å². The molecule has 1 aliphatic heterocycles. The Bertz CT molecular complexity index is 1470. The van der Waals surface area contributed by atoms with E-state index in [-0.39, 0.29) is 16.0 Å². The van der Waals surface area contributed by atoms with Gasteiger partial charge in [0.25, 0.3) is 5.91 Å². The molecular weight excluding hydrogens is 538 g/mol. The van der Waals surface area contributed by atoms with E-state index in [0.717, 1.165) is 42.8 Å². The van der Waals surface area contributed by atoms with Gasteiger partial charge in [-0.2, -0.15) is 0 Å². The smallest absolute Gasteiger partial charge is 0.262 e. The van der Waals surface area contributed by atoms with Crippen LogP contribution in [-0.2, 0) is 0 Å². The molecule has 0 unspecified atom stereocenters. The lowest BCUT2D eigenvalue weighted by molar-refractivity contribution is 0.0998. The van der Waals surface area contributed by atoms with Gasteiger partial charge in [0, 0.05) is 30.8 Å². The number of carbonyl (C=O) groups is 1.